The van der Waals surface area contributed by atoms with E-state index in [9.17, 15) is 117 Å². The molecule has 30 fully saturated rings. The predicted molar refractivity (Wildman–Crippen MR) is 281 cm³/mol. The molecule has 1 aromatic heterocycles. The standard InChI is InChI=1S/C53H84NO39.ClH/c55-7-15-39-24(64)32(72)48(80-15)89-41-17(9-57)82-50(34(74)26(41)66)91-43-19(11-59)84-52(36(76)28(43)68)93-45-21(13-61)85-53(37(77)29(45)69)92-44-20(12-60)83-51(35(75)27(44)67)90-42-18(10-58)81-49(33(73)25(42)65)88-40-16(8-56)79-47(31(71)23(40)63)86-38-14(6-54-4-2-1-3-5-54)78-46(87-39)30(70)22(38)62;/h1-5,14-53,55-77H,6-13H2;1H/q+1;/p-1/t14-,15-,16-,17-,18-,19-,20-,21-,22-,23-,24-,25-,26-,27-,28-,29-,30-,31-,32-,33-,34-,35-,36-,37-,38-,39-,40-,41-,42-,43-,44-,45-,46-,47-,48-,49-,50-,51-,52-,53-;/m1./s1. The maximum absolute atomic E-state index is 11.8. The van der Waals surface area contributed by atoms with Crippen molar-refractivity contribution in [3.05, 3.63) is 30.6 Å². The van der Waals surface area contributed by atoms with E-state index in [2.05, 4.69) is 0 Å². The number of nitrogens with zero attached hydrogens (tertiary/aromatic N) is 1. The van der Waals surface area contributed by atoms with E-state index >= 15 is 0 Å². The first kappa shape index (κ1) is 76.1. The highest BCUT2D eigenvalue weighted by Gasteiger charge is 2.60. The second-order valence-corrected chi connectivity index (χ2v) is 23.8. The summed E-state index contributed by atoms with van der Waals surface area (Å²) < 4.78 is 94.4. The van der Waals surface area contributed by atoms with Gasteiger partial charge in [-0.05, 0) is 0 Å². The Balaban J connectivity index is 0.0000104. The monoisotopic (exact) mass is 1390 g/mol. The molecule has 0 spiro atoms. The zero-order valence-electron chi connectivity index (χ0n) is 49.3. The lowest BCUT2D eigenvalue weighted by molar-refractivity contribution is -0.707. The van der Waals surface area contributed by atoms with E-state index in [0.717, 1.165) is 0 Å². The molecule has 0 amide bonds. The van der Waals surface area contributed by atoms with Crippen molar-refractivity contribution in [2.24, 2.45) is 0 Å². The third-order valence-electron chi connectivity index (χ3n) is 17.9. The summed E-state index contributed by atoms with van der Waals surface area (Å²) >= 11 is 0. The minimum Gasteiger partial charge on any atom is -1.00 e. The molecule has 31 heterocycles. The van der Waals surface area contributed by atoms with Crippen LogP contribution >= 0.6 is 0 Å². The van der Waals surface area contributed by atoms with E-state index in [1.807, 2.05) is 0 Å². The first-order chi connectivity index (χ1) is 44.4. The van der Waals surface area contributed by atoms with Crippen LogP contribution in [0.1, 0.15) is 0 Å². The van der Waals surface area contributed by atoms with Gasteiger partial charge in [-0.15, -0.1) is 0 Å². The van der Waals surface area contributed by atoms with Crippen LogP contribution in [0, 0.1) is 0 Å². The Labute approximate surface area is 538 Å². The Morgan fingerprint density at radius 2 is 0.351 bits per heavy atom. The van der Waals surface area contributed by atoms with E-state index in [1.54, 1.807) is 30.6 Å². The van der Waals surface area contributed by atoms with Gasteiger partial charge in [-0.1, -0.05) is 6.07 Å². The summed E-state index contributed by atoms with van der Waals surface area (Å²) in [6.45, 7) is -7.74. The van der Waals surface area contributed by atoms with Crippen LogP contribution in [0.25, 0.3) is 0 Å². The zero-order chi connectivity index (χ0) is 67.2. The maximum atomic E-state index is 11.8. The van der Waals surface area contributed by atoms with Gasteiger partial charge in [0.05, 0.1) is 46.2 Å². The Bertz CT molecular complexity index is 2450. The lowest BCUT2D eigenvalue weighted by Crippen LogP contribution is -3.00. The van der Waals surface area contributed by atoms with Crippen LogP contribution in [-0.4, -0.2) is 409 Å². The number of aliphatic hydroxyl groups excluding tert-OH is 23. The van der Waals surface area contributed by atoms with Gasteiger partial charge in [0.15, 0.2) is 69.3 Å². The summed E-state index contributed by atoms with van der Waals surface area (Å²) in [7, 11) is 0. The number of hydrogen-bond donors (Lipinski definition) is 23. The number of halogens is 1. The number of hydrogen-bond acceptors (Lipinski definition) is 39. The Kier molecular flexibility index (Phi) is 26.4. The van der Waals surface area contributed by atoms with E-state index in [-0.39, 0.29) is 19.0 Å². The Morgan fingerprint density at radius 1 is 0.202 bits per heavy atom. The SMILES string of the molecule is OC[C@H]1O[C@@H]2O[C@H]3[C@H](O)[C@@H](O)[C@@H](O[C@H]4[C@H](O)[C@@H](O)[C@@H](O[C@H]5[C@H](O)[C@@H](O)[C@@H](O[C@H]6[C@H](O)[C@@H](O)[C@@H](O[C@H]7[C@H](O)[C@@H](O)[C@@H](O[C@H]8[C@H](O)[C@@H](O)[C@@H](O[C@H]9[C@H](O)[C@@H](O)[C@@H](O[C@H]1[C@H](O)[C@H]2O)O[C@@H]9CO)O[C@@H]8CO)O[C@@H]7CO)O[C@@H]6C[n+]1ccccc1)O[C@@H]5CO)O[C@@H]4CO)O[C@@H]3CO.[Cl-]. The van der Waals surface area contributed by atoms with Gasteiger partial charge >= 0.3 is 0 Å². The molecule has 0 unspecified atom stereocenters. The molecule has 41 heteroatoms. The van der Waals surface area contributed by atoms with Gasteiger partial charge in [-0.2, -0.15) is 0 Å². The van der Waals surface area contributed by atoms with Gasteiger partial charge < -0.3 is 206 Å². The van der Waals surface area contributed by atoms with Crippen molar-refractivity contribution >= 4 is 0 Å². The first-order valence-corrected chi connectivity index (χ1v) is 30.0. The van der Waals surface area contributed by atoms with E-state index < -0.39 is 292 Å². The first-order valence-electron chi connectivity index (χ1n) is 30.0. The van der Waals surface area contributed by atoms with Crippen molar-refractivity contribution in [2.45, 2.75) is 252 Å². The number of pyridine rings is 1. The summed E-state index contributed by atoms with van der Waals surface area (Å²) in [6.07, 6.45) is -77.8. The van der Waals surface area contributed by atoms with Crippen molar-refractivity contribution in [3.8, 4) is 0 Å². The molecule has 30 aliphatic heterocycles. The Morgan fingerprint density at radius 3 is 0.511 bits per heavy atom. The molecule has 23 N–H and O–H groups in total. The maximum Gasteiger partial charge on any atom is 0.187 e. The van der Waals surface area contributed by atoms with Gasteiger partial charge in [0.2, 0.25) is 0 Å². The molecule has 0 radical (unpaired) electrons. The zero-order valence-corrected chi connectivity index (χ0v) is 50.0. The molecule has 542 valence electrons. The largest absolute Gasteiger partial charge is 1.00 e. The fourth-order valence-electron chi connectivity index (χ4n) is 12.7. The minimum atomic E-state index is -2.25. The fourth-order valence-corrected chi connectivity index (χ4v) is 12.7. The molecule has 16 bridgehead atoms. The van der Waals surface area contributed by atoms with Crippen LogP contribution < -0.4 is 17.0 Å². The quantitative estimate of drug-likeness (QED) is 0.102. The molecule has 1 aromatic rings. The number of rotatable bonds is 9. The molecule has 0 aromatic carbocycles. The number of aromatic nitrogens is 1. The van der Waals surface area contributed by atoms with E-state index in [4.69, 9.17) is 75.8 Å². The van der Waals surface area contributed by atoms with Crippen molar-refractivity contribution < 1.29 is 210 Å². The lowest BCUT2D eigenvalue weighted by atomic mass is 9.94. The third-order valence-corrected chi connectivity index (χ3v) is 17.9. The summed E-state index contributed by atoms with van der Waals surface area (Å²) in [6, 6.07) is 4.86. The Hall–Kier alpha value is -2.12. The van der Waals surface area contributed by atoms with Crippen molar-refractivity contribution in [3.63, 3.8) is 0 Å². The van der Waals surface area contributed by atoms with Crippen molar-refractivity contribution in [1.29, 1.82) is 0 Å². The van der Waals surface area contributed by atoms with E-state index in [1.165, 1.54) is 4.57 Å². The fraction of sp³-hybridized carbons (Fsp3) is 0.906. The highest BCUT2D eigenvalue weighted by molar-refractivity contribution is 5.02. The van der Waals surface area contributed by atoms with Crippen LogP contribution in [0.5, 0.6) is 0 Å². The summed E-state index contributed by atoms with van der Waals surface area (Å²) in [4.78, 5) is 0. The third kappa shape index (κ3) is 15.2. The van der Waals surface area contributed by atoms with Crippen LogP contribution in [-0.2, 0) is 82.3 Å². The van der Waals surface area contributed by atoms with Gasteiger partial charge in [0, 0.05) is 12.1 Å². The smallest absolute Gasteiger partial charge is 0.187 e. The van der Waals surface area contributed by atoms with Crippen molar-refractivity contribution in [1.82, 2.24) is 0 Å². The van der Waals surface area contributed by atoms with E-state index in [0.29, 0.717) is 0 Å². The summed E-state index contributed by atoms with van der Waals surface area (Å²) in [5, 5.41) is 258. The number of aliphatic hydroxyl groups is 23. The van der Waals surface area contributed by atoms with Gasteiger partial charge in [0.25, 0.3) is 0 Å². The van der Waals surface area contributed by atoms with Gasteiger partial charge in [-0.3, -0.25) is 0 Å². The lowest BCUT2D eigenvalue weighted by Gasteiger charge is -2.50. The highest BCUT2D eigenvalue weighted by Crippen LogP contribution is 2.40. The summed E-state index contributed by atoms with van der Waals surface area (Å²) in [5.41, 5.74) is 0. The second kappa shape index (κ2) is 32.7. The summed E-state index contributed by atoms with van der Waals surface area (Å²) in [5.74, 6) is 0. The normalized spacial score (nSPS) is 52.4. The second-order valence-electron chi connectivity index (χ2n) is 23.8. The number of ether oxygens (including phenoxy) is 16. The molecule has 0 aliphatic carbocycles. The molecule has 30 aliphatic rings. The van der Waals surface area contributed by atoms with Crippen LogP contribution in [0.2, 0.25) is 0 Å². The van der Waals surface area contributed by atoms with Gasteiger partial charge in [0.1, 0.15) is 195 Å². The van der Waals surface area contributed by atoms with Crippen LogP contribution in [0.3, 0.4) is 0 Å². The highest BCUT2D eigenvalue weighted by atomic mass is 35.5. The molecule has 40 atom stereocenters. The average molecular weight is 1390 g/mol. The topological polar surface area (TPSA) is 617 Å². The molecular weight excluding hydrogens is 1310 g/mol. The van der Waals surface area contributed by atoms with Crippen LogP contribution in [0.4, 0.5) is 0 Å². The molecule has 94 heavy (non-hydrogen) atoms. The molecule has 0 saturated carbocycles. The minimum absolute atomic E-state index is 0. The predicted octanol–water partition coefficient (Wildman–Crippen LogP) is -19.4. The van der Waals surface area contributed by atoms with Gasteiger partial charge in [-0.25, -0.2) is 4.57 Å². The molecule has 31 rings (SSSR count). The van der Waals surface area contributed by atoms with Crippen molar-refractivity contribution in [2.75, 3.05) is 46.2 Å². The molecular formula is C53H84ClNO39. The van der Waals surface area contributed by atoms with Crippen LogP contribution in [0.15, 0.2) is 30.6 Å². The average Bonchev–Trinajstić information content (AvgIpc) is 0.780. The molecule has 30 saturated heterocycles. The molecule has 40 nitrogen and oxygen atoms in total.